The lowest BCUT2D eigenvalue weighted by Gasteiger charge is -2.07. The molecule has 1 aromatic heterocycles. The maximum atomic E-state index is 6.22. The summed E-state index contributed by atoms with van der Waals surface area (Å²) < 4.78 is 0. The Balaban J connectivity index is 1.69. The molecule has 1 atom stereocenters. The number of benzene rings is 1. The van der Waals surface area contributed by atoms with Crippen molar-refractivity contribution in [3.05, 3.63) is 24.3 Å². The highest BCUT2D eigenvalue weighted by molar-refractivity contribution is 6.21. The van der Waals surface area contributed by atoms with Gasteiger partial charge in [-0.3, -0.25) is 0 Å². The zero-order chi connectivity index (χ0) is 11.0. The second kappa shape index (κ2) is 3.98. The SMILES string of the molecule is ClC(CNc1nc2ccccc2[nH]1)C1CC1. The van der Waals surface area contributed by atoms with Crippen molar-refractivity contribution in [1.29, 1.82) is 0 Å². The van der Waals surface area contributed by atoms with E-state index >= 15 is 0 Å². The molecule has 0 saturated heterocycles. The summed E-state index contributed by atoms with van der Waals surface area (Å²) in [6.07, 6.45) is 2.55. The first kappa shape index (κ1) is 9.97. The highest BCUT2D eigenvalue weighted by Gasteiger charge is 2.29. The molecule has 1 saturated carbocycles. The maximum Gasteiger partial charge on any atom is 0.201 e. The molecule has 1 fully saturated rings. The minimum absolute atomic E-state index is 0.230. The molecule has 84 valence electrons. The normalized spacial score (nSPS) is 17.6. The predicted octanol–water partition coefficient (Wildman–Crippen LogP) is 2.99. The smallest absolute Gasteiger partial charge is 0.201 e. The molecule has 16 heavy (non-hydrogen) atoms. The zero-order valence-corrected chi connectivity index (χ0v) is 9.67. The minimum atomic E-state index is 0.230. The summed E-state index contributed by atoms with van der Waals surface area (Å²) in [5.74, 6) is 1.52. The van der Waals surface area contributed by atoms with E-state index in [0.717, 1.165) is 23.5 Å². The molecule has 0 amide bonds. The Morgan fingerprint density at radius 3 is 3.00 bits per heavy atom. The minimum Gasteiger partial charge on any atom is -0.354 e. The molecule has 1 heterocycles. The average Bonchev–Trinajstić information content (AvgIpc) is 3.06. The van der Waals surface area contributed by atoms with Crippen LogP contribution in [-0.4, -0.2) is 21.9 Å². The van der Waals surface area contributed by atoms with Crippen LogP contribution in [0.4, 0.5) is 5.95 Å². The summed E-state index contributed by atoms with van der Waals surface area (Å²) in [6, 6.07) is 8.00. The van der Waals surface area contributed by atoms with Crippen molar-refractivity contribution in [3.8, 4) is 0 Å². The number of nitrogens with zero attached hydrogens (tertiary/aromatic N) is 1. The number of imidazole rings is 1. The molecular formula is C12H14ClN3. The number of rotatable bonds is 4. The van der Waals surface area contributed by atoms with Crippen LogP contribution in [0.25, 0.3) is 11.0 Å². The molecule has 1 aromatic carbocycles. The molecule has 3 rings (SSSR count). The average molecular weight is 236 g/mol. The van der Waals surface area contributed by atoms with Crippen LogP contribution in [0.2, 0.25) is 0 Å². The van der Waals surface area contributed by atoms with Crippen LogP contribution in [0.15, 0.2) is 24.3 Å². The summed E-state index contributed by atoms with van der Waals surface area (Å²) in [4.78, 5) is 7.67. The lowest BCUT2D eigenvalue weighted by atomic mass is 10.3. The maximum absolute atomic E-state index is 6.22. The Kier molecular flexibility index (Phi) is 2.48. The van der Waals surface area contributed by atoms with E-state index in [0.29, 0.717) is 5.92 Å². The topological polar surface area (TPSA) is 40.7 Å². The highest BCUT2D eigenvalue weighted by Crippen LogP contribution is 2.35. The molecule has 0 bridgehead atoms. The molecule has 0 aliphatic heterocycles. The molecule has 0 radical (unpaired) electrons. The molecule has 3 nitrogen and oxygen atoms in total. The van der Waals surface area contributed by atoms with Crippen LogP contribution in [0.5, 0.6) is 0 Å². The van der Waals surface area contributed by atoms with Gasteiger partial charge in [0.15, 0.2) is 0 Å². The van der Waals surface area contributed by atoms with E-state index in [4.69, 9.17) is 11.6 Å². The second-order valence-electron chi connectivity index (χ2n) is 4.34. The van der Waals surface area contributed by atoms with Gasteiger partial charge in [-0.2, -0.15) is 0 Å². The number of aromatic amines is 1. The van der Waals surface area contributed by atoms with Crippen LogP contribution in [0.1, 0.15) is 12.8 Å². The fourth-order valence-electron chi connectivity index (χ4n) is 1.86. The first-order chi connectivity index (χ1) is 7.83. The Hall–Kier alpha value is -1.22. The molecule has 1 aliphatic carbocycles. The highest BCUT2D eigenvalue weighted by atomic mass is 35.5. The van der Waals surface area contributed by atoms with E-state index in [1.54, 1.807) is 0 Å². The number of anilines is 1. The van der Waals surface area contributed by atoms with Crippen molar-refractivity contribution in [2.24, 2.45) is 5.92 Å². The largest absolute Gasteiger partial charge is 0.354 e. The number of aromatic nitrogens is 2. The molecular weight excluding hydrogens is 222 g/mol. The van der Waals surface area contributed by atoms with Gasteiger partial charge in [-0.15, -0.1) is 11.6 Å². The Labute approximate surface area is 99.2 Å². The first-order valence-corrected chi connectivity index (χ1v) is 6.09. The van der Waals surface area contributed by atoms with Gasteiger partial charge in [-0.25, -0.2) is 4.98 Å². The summed E-state index contributed by atoms with van der Waals surface area (Å²) >= 11 is 6.22. The van der Waals surface area contributed by atoms with Crippen LogP contribution in [0, 0.1) is 5.92 Å². The number of H-pyrrole nitrogens is 1. The van der Waals surface area contributed by atoms with Crippen LogP contribution in [-0.2, 0) is 0 Å². The van der Waals surface area contributed by atoms with Crippen LogP contribution in [0.3, 0.4) is 0 Å². The van der Waals surface area contributed by atoms with Crippen LogP contribution < -0.4 is 5.32 Å². The third-order valence-electron chi connectivity index (χ3n) is 2.99. The monoisotopic (exact) mass is 235 g/mol. The number of fused-ring (bicyclic) bond motifs is 1. The van der Waals surface area contributed by atoms with Gasteiger partial charge in [0.25, 0.3) is 0 Å². The third kappa shape index (κ3) is 2.00. The Morgan fingerprint density at radius 1 is 1.44 bits per heavy atom. The van der Waals surface area contributed by atoms with Gasteiger partial charge >= 0.3 is 0 Å². The Bertz CT molecular complexity index is 457. The van der Waals surface area contributed by atoms with E-state index < -0.39 is 0 Å². The van der Waals surface area contributed by atoms with Crippen molar-refractivity contribution in [2.45, 2.75) is 18.2 Å². The lowest BCUT2D eigenvalue weighted by molar-refractivity contribution is 0.767. The van der Waals surface area contributed by atoms with E-state index in [1.807, 2.05) is 24.3 Å². The van der Waals surface area contributed by atoms with Crippen molar-refractivity contribution in [3.63, 3.8) is 0 Å². The van der Waals surface area contributed by atoms with Crippen molar-refractivity contribution < 1.29 is 0 Å². The summed E-state index contributed by atoms with van der Waals surface area (Å²) in [5, 5.41) is 3.49. The van der Waals surface area contributed by atoms with Gasteiger partial charge in [-0.05, 0) is 30.9 Å². The summed E-state index contributed by atoms with van der Waals surface area (Å²) in [7, 11) is 0. The molecule has 1 unspecified atom stereocenters. The van der Waals surface area contributed by atoms with Crippen molar-refractivity contribution in [1.82, 2.24) is 9.97 Å². The molecule has 1 aliphatic rings. The van der Waals surface area contributed by atoms with E-state index in [-0.39, 0.29) is 5.38 Å². The molecule has 4 heteroatoms. The fourth-order valence-corrected chi connectivity index (χ4v) is 2.18. The van der Waals surface area contributed by atoms with Crippen molar-refractivity contribution in [2.75, 3.05) is 11.9 Å². The van der Waals surface area contributed by atoms with E-state index in [2.05, 4.69) is 15.3 Å². The number of hydrogen-bond acceptors (Lipinski definition) is 2. The van der Waals surface area contributed by atoms with Gasteiger partial charge in [0.2, 0.25) is 5.95 Å². The predicted molar refractivity (Wildman–Crippen MR) is 66.9 cm³/mol. The lowest BCUT2D eigenvalue weighted by Crippen LogP contribution is -2.16. The zero-order valence-electron chi connectivity index (χ0n) is 8.91. The first-order valence-electron chi connectivity index (χ1n) is 5.65. The van der Waals surface area contributed by atoms with Gasteiger partial charge in [0.05, 0.1) is 16.4 Å². The number of alkyl halides is 1. The van der Waals surface area contributed by atoms with Crippen LogP contribution >= 0.6 is 11.6 Å². The van der Waals surface area contributed by atoms with E-state index in [1.165, 1.54) is 12.8 Å². The third-order valence-corrected chi connectivity index (χ3v) is 3.50. The number of para-hydroxylation sites is 2. The number of halogens is 1. The second-order valence-corrected chi connectivity index (χ2v) is 4.90. The quantitative estimate of drug-likeness (QED) is 0.800. The summed E-state index contributed by atoms with van der Waals surface area (Å²) in [5.41, 5.74) is 2.05. The summed E-state index contributed by atoms with van der Waals surface area (Å²) in [6.45, 7) is 0.784. The molecule has 2 N–H and O–H groups in total. The van der Waals surface area contributed by atoms with E-state index in [9.17, 15) is 0 Å². The fraction of sp³-hybridized carbons (Fsp3) is 0.417. The van der Waals surface area contributed by atoms with Crippen molar-refractivity contribution >= 4 is 28.6 Å². The standard InChI is InChI=1S/C12H14ClN3/c13-9(8-5-6-8)7-14-12-15-10-3-1-2-4-11(10)16-12/h1-4,8-9H,5-7H2,(H2,14,15,16). The Morgan fingerprint density at radius 2 is 2.25 bits per heavy atom. The number of nitrogens with one attached hydrogen (secondary N) is 2. The van der Waals surface area contributed by atoms with Gasteiger partial charge < -0.3 is 10.3 Å². The van der Waals surface area contributed by atoms with Gasteiger partial charge in [0, 0.05) is 6.54 Å². The molecule has 2 aromatic rings. The molecule has 0 spiro atoms. The number of hydrogen-bond donors (Lipinski definition) is 2. The van der Waals surface area contributed by atoms with Gasteiger partial charge in [-0.1, -0.05) is 12.1 Å². The van der Waals surface area contributed by atoms with Gasteiger partial charge in [0.1, 0.15) is 0 Å².